The fourth-order valence-corrected chi connectivity index (χ4v) is 2.23. The molecule has 0 aliphatic heterocycles. The number of nitrogens with two attached hydrogens (primary N) is 1. The first-order chi connectivity index (χ1) is 7.52. The number of rotatable bonds is 4. The number of esters is 1. The van der Waals surface area contributed by atoms with E-state index in [0.717, 1.165) is 0 Å². The van der Waals surface area contributed by atoms with E-state index >= 15 is 0 Å². The Hall–Kier alpha value is -0.650. The third-order valence-corrected chi connectivity index (χ3v) is 3.49. The second-order valence-corrected chi connectivity index (χ2v) is 4.47. The minimum Gasteiger partial charge on any atom is -0.468 e. The van der Waals surface area contributed by atoms with Crippen LogP contribution in [0.3, 0.4) is 0 Å². The maximum atomic E-state index is 11.5. The molecule has 0 bridgehead atoms. The molecule has 0 aromatic rings. The van der Waals surface area contributed by atoms with Crippen LogP contribution in [-0.2, 0) is 19.0 Å². The predicted octanol–water partition coefficient (Wildman–Crippen LogP) is 0.463. The van der Waals surface area contributed by atoms with Crippen molar-refractivity contribution in [2.45, 2.75) is 36.8 Å². The molecular formula is C11H21NO4. The van der Waals surface area contributed by atoms with E-state index in [4.69, 9.17) is 19.9 Å². The molecule has 94 valence electrons. The standard InChI is InChI=1S/C11H21NO4/c1-14-8-10(16-3)4-6-11(12,7-5-10)9(13)15-2/h4-8,12H2,1-3H3/t10-,11-. The summed E-state index contributed by atoms with van der Waals surface area (Å²) >= 11 is 0. The molecule has 0 heterocycles. The van der Waals surface area contributed by atoms with Gasteiger partial charge in [0.2, 0.25) is 0 Å². The Morgan fingerprint density at radius 3 is 2.12 bits per heavy atom. The van der Waals surface area contributed by atoms with E-state index in [9.17, 15) is 4.79 Å². The monoisotopic (exact) mass is 231 g/mol. The van der Waals surface area contributed by atoms with Gasteiger partial charge in [-0.15, -0.1) is 0 Å². The van der Waals surface area contributed by atoms with Crippen LogP contribution in [0.1, 0.15) is 25.7 Å². The zero-order valence-corrected chi connectivity index (χ0v) is 10.2. The molecule has 1 fully saturated rings. The lowest BCUT2D eigenvalue weighted by Gasteiger charge is -2.41. The zero-order valence-electron chi connectivity index (χ0n) is 10.2. The number of ether oxygens (including phenoxy) is 3. The van der Waals surface area contributed by atoms with Crippen LogP contribution in [0.25, 0.3) is 0 Å². The van der Waals surface area contributed by atoms with Crippen molar-refractivity contribution >= 4 is 5.97 Å². The highest BCUT2D eigenvalue weighted by Gasteiger charge is 2.45. The molecule has 0 aromatic heterocycles. The number of carbonyl (C=O) groups excluding carboxylic acids is 1. The van der Waals surface area contributed by atoms with E-state index in [-0.39, 0.29) is 11.6 Å². The summed E-state index contributed by atoms with van der Waals surface area (Å²) in [5, 5.41) is 0. The Bertz CT molecular complexity index is 246. The summed E-state index contributed by atoms with van der Waals surface area (Å²) in [5.74, 6) is -0.338. The molecular weight excluding hydrogens is 210 g/mol. The van der Waals surface area contributed by atoms with Crippen LogP contribution in [0.2, 0.25) is 0 Å². The topological polar surface area (TPSA) is 70.8 Å². The van der Waals surface area contributed by atoms with Gasteiger partial charge in [0, 0.05) is 14.2 Å². The second kappa shape index (κ2) is 5.12. The Morgan fingerprint density at radius 2 is 1.75 bits per heavy atom. The maximum Gasteiger partial charge on any atom is 0.325 e. The summed E-state index contributed by atoms with van der Waals surface area (Å²) in [7, 11) is 4.68. The van der Waals surface area contributed by atoms with Crippen molar-refractivity contribution in [2.75, 3.05) is 27.9 Å². The van der Waals surface area contributed by atoms with Crippen molar-refractivity contribution in [3.8, 4) is 0 Å². The number of carbonyl (C=O) groups is 1. The van der Waals surface area contributed by atoms with Gasteiger partial charge in [-0.3, -0.25) is 4.79 Å². The number of hydrogen-bond donors (Lipinski definition) is 1. The lowest BCUT2D eigenvalue weighted by molar-refractivity contribution is -0.153. The minimum absolute atomic E-state index is 0.300. The average Bonchev–Trinajstić information content (AvgIpc) is 2.32. The van der Waals surface area contributed by atoms with Crippen LogP contribution in [-0.4, -0.2) is 45.0 Å². The highest BCUT2D eigenvalue weighted by molar-refractivity contribution is 5.80. The van der Waals surface area contributed by atoms with Gasteiger partial charge >= 0.3 is 5.97 Å². The van der Waals surface area contributed by atoms with E-state index in [2.05, 4.69) is 0 Å². The Kier molecular flexibility index (Phi) is 4.29. The van der Waals surface area contributed by atoms with E-state index in [1.54, 1.807) is 14.2 Å². The Labute approximate surface area is 96.2 Å². The van der Waals surface area contributed by atoms with Crippen LogP contribution in [0, 0.1) is 0 Å². The summed E-state index contributed by atoms with van der Waals surface area (Å²) in [4.78, 5) is 11.5. The van der Waals surface area contributed by atoms with Gasteiger partial charge in [-0.05, 0) is 25.7 Å². The molecule has 5 nitrogen and oxygen atoms in total. The molecule has 16 heavy (non-hydrogen) atoms. The van der Waals surface area contributed by atoms with Crippen molar-refractivity contribution in [3.63, 3.8) is 0 Å². The van der Waals surface area contributed by atoms with Gasteiger partial charge in [0.15, 0.2) is 0 Å². The van der Waals surface area contributed by atoms with E-state index < -0.39 is 5.54 Å². The lowest BCUT2D eigenvalue weighted by atomic mass is 9.74. The summed E-state index contributed by atoms with van der Waals surface area (Å²) in [6.07, 6.45) is 2.56. The van der Waals surface area contributed by atoms with Crippen LogP contribution in [0.5, 0.6) is 0 Å². The van der Waals surface area contributed by atoms with Crippen molar-refractivity contribution in [2.24, 2.45) is 5.73 Å². The van der Waals surface area contributed by atoms with Crippen molar-refractivity contribution < 1.29 is 19.0 Å². The molecule has 0 atom stereocenters. The smallest absolute Gasteiger partial charge is 0.325 e. The molecule has 1 saturated carbocycles. The van der Waals surface area contributed by atoms with E-state index in [1.807, 2.05) is 0 Å². The maximum absolute atomic E-state index is 11.5. The van der Waals surface area contributed by atoms with E-state index in [1.165, 1.54) is 7.11 Å². The van der Waals surface area contributed by atoms with Gasteiger partial charge in [-0.25, -0.2) is 0 Å². The molecule has 0 saturated heterocycles. The number of hydrogen-bond acceptors (Lipinski definition) is 5. The molecule has 1 aliphatic rings. The van der Waals surface area contributed by atoms with Gasteiger partial charge in [0.05, 0.1) is 19.3 Å². The zero-order chi connectivity index (χ0) is 12.2. The van der Waals surface area contributed by atoms with Crippen LogP contribution >= 0.6 is 0 Å². The summed E-state index contributed by atoms with van der Waals surface area (Å²) < 4.78 is 15.4. The molecule has 1 rings (SSSR count). The molecule has 2 N–H and O–H groups in total. The predicted molar refractivity (Wildman–Crippen MR) is 59.0 cm³/mol. The average molecular weight is 231 g/mol. The van der Waals surface area contributed by atoms with Gasteiger partial charge < -0.3 is 19.9 Å². The molecule has 1 aliphatic carbocycles. The van der Waals surface area contributed by atoms with Crippen molar-refractivity contribution in [1.29, 1.82) is 0 Å². The first-order valence-electron chi connectivity index (χ1n) is 5.43. The molecule has 0 aromatic carbocycles. The summed E-state index contributed by atoms with van der Waals surface area (Å²) in [6.45, 7) is 0.529. The largest absolute Gasteiger partial charge is 0.468 e. The Balaban J connectivity index is 2.64. The lowest BCUT2D eigenvalue weighted by Crippen LogP contribution is -2.56. The molecule has 0 radical (unpaired) electrons. The van der Waals surface area contributed by atoms with Crippen molar-refractivity contribution in [1.82, 2.24) is 0 Å². The van der Waals surface area contributed by atoms with Gasteiger partial charge in [-0.2, -0.15) is 0 Å². The SMILES string of the molecule is COC[C@]1(OC)CC[C@@](N)(C(=O)OC)CC1. The minimum atomic E-state index is -0.857. The molecule has 0 spiro atoms. The first-order valence-corrected chi connectivity index (χ1v) is 5.43. The van der Waals surface area contributed by atoms with Crippen LogP contribution < -0.4 is 5.73 Å². The first kappa shape index (κ1) is 13.4. The third-order valence-electron chi connectivity index (χ3n) is 3.49. The van der Waals surface area contributed by atoms with Gasteiger partial charge in [0.1, 0.15) is 5.54 Å². The second-order valence-electron chi connectivity index (χ2n) is 4.47. The highest BCUT2D eigenvalue weighted by Crippen LogP contribution is 2.36. The number of methoxy groups -OCH3 is 3. The van der Waals surface area contributed by atoms with E-state index in [0.29, 0.717) is 32.3 Å². The van der Waals surface area contributed by atoms with Crippen molar-refractivity contribution in [3.05, 3.63) is 0 Å². The highest BCUT2D eigenvalue weighted by atomic mass is 16.5. The van der Waals surface area contributed by atoms with Crippen LogP contribution in [0.4, 0.5) is 0 Å². The third kappa shape index (κ3) is 2.53. The van der Waals surface area contributed by atoms with Gasteiger partial charge in [-0.1, -0.05) is 0 Å². The normalized spacial score (nSPS) is 34.8. The molecule has 0 amide bonds. The molecule has 0 unspecified atom stereocenters. The summed E-state index contributed by atoms with van der Waals surface area (Å²) in [5.41, 5.74) is 4.86. The Morgan fingerprint density at radius 1 is 1.19 bits per heavy atom. The quantitative estimate of drug-likeness (QED) is 0.712. The summed E-state index contributed by atoms with van der Waals surface area (Å²) in [6, 6.07) is 0. The fraction of sp³-hybridized carbons (Fsp3) is 0.909. The fourth-order valence-electron chi connectivity index (χ4n) is 2.23. The van der Waals surface area contributed by atoms with Crippen LogP contribution in [0.15, 0.2) is 0 Å². The van der Waals surface area contributed by atoms with Gasteiger partial charge in [0.25, 0.3) is 0 Å². The molecule has 5 heteroatoms.